The van der Waals surface area contributed by atoms with Gasteiger partial charge in [-0.15, -0.1) is 0 Å². The molecule has 0 aliphatic rings. The van der Waals surface area contributed by atoms with Gasteiger partial charge in [0.05, 0.1) is 17.9 Å². The molecule has 1 aromatic carbocycles. The number of hydrogen-bond donors (Lipinski definition) is 1. The lowest BCUT2D eigenvalue weighted by molar-refractivity contribution is 0.629. The number of anilines is 1. The van der Waals surface area contributed by atoms with Gasteiger partial charge in [0.25, 0.3) is 0 Å². The van der Waals surface area contributed by atoms with Gasteiger partial charge in [0.1, 0.15) is 11.5 Å². The van der Waals surface area contributed by atoms with Gasteiger partial charge in [0, 0.05) is 16.9 Å². The normalized spacial score (nSPS) is 10.8. The third-order valence-electron chi connectivity index (χ3n) is 2.80. The first-order valence-corrected chi connectivity index (χ1v) is 6.63. The molecule has 19 heavy (non-hydrogen) atoms. The van der Waals surface area contributed by atoms with E-state index in [1.165, 1.54) is 6.07 Å². The zero-order chi connectivity index (χ0) is 13.2. The molecule has 0 unspecified atom stereocenters. The Labute approximate surface area is 118 Å². The SMILES string of the molecule is Fc1ccc(Br)cc1NCc1cn2ccccc2n1. The standard InChI is InChI=1S/C14H11BrFN3/c15-10-4-5-12(16)13(7-10)17-8-11-9-19-6-2-1-3-14(19)18-11/h1-7,9,17H,8H2. The molecule has 96 valence electrons. The van der Waals surface area contributed by atoms with Crippen molar-refractivity contribution >= 4 is 27.3 Å². The van der Waals surface area contributed by atoms with Crippen LogP contribution in [0.5, 0.6) is 0 Å². The number of benzene rings is 1. The highest BCUT2D eigenvalue weighted by atomic mass is 79.9. The fourth-order valence-corrected chi connectivity index (χ4v) is 2.25. The highest BCUT2D eigenvalue weighted by molar-refractivity contribution is 9.10. The smallest absolute Gasteiger partial charge is 0.146 e. The minimum atomic E-state index is -0.271. The van der Waals surface area contributed by atoms with Gasteiger partial charge in [-0.25, -0.2) is 9.37 Å². The van der Waals surface area contributed by atoms with E-state index < -0.39 is 0 Å². The maximum Gasteiger partial charge on any atom is 0.146 e. The second kappa shape index (κ2) is 5.01. The Morgan fingerprint density at radius 2 is 2.16 bits per heavy atom. The Bertz CT molecular complexity index is 691. The molecule has 1 N–H and O–H groups in total. The van der Waals surface area contributed by atoms with Gasteiger partial charge < -0.3 is 9.72 Å². The molecule has 0 atom stereocenters. The van der Waals surface area contributed by atoms with Gasteiger partial charge in [-0.05, 0) is 30.3 Å². The Kier molecular flexibility index (Phi) is 3.21. The van der Waals surface area contributed by atoms with Crippen molar-refractivity contribution < 1.29 is 4.39 Å². The molecular weight excluding hydrogens is 309 g/mol. The first kappa shape index (κ1) is 12.2. The van der Waals surface area contributed by atoms with Gasteiger partial charge in [0.15, 0.2) is 0 Å². The van der Waals surface area contributed by atoms with E-state index in [9.17, 15) is 4.39 Å². The van der Waals surface area contributed by atoms with Gasteiger partial charge in [-0.3, -0.25) is 0 Å². The van der Waals surface area contributed by atoms with Crippen molar-refractivity contribution in [2.24, 2.45) is 0 Å². The fraction of sp³-hybridized carbons (Fsp3) is 0.0714. The summed E-state index contributed by atoms with van der Waals surface area (Å²) in [6.45, 7) is 0.481. The van der Waals surface area contributed by atoms with Gasteiger partial charge in [0.2, 0.25) is 0 Å². The van der Waals surface area contributed by atoms with Gasteiger partial charge in [-0.2, -0.15) is 0 Å². The average Bonchev–Trinajstić information content (AvgIpc) is 2.82. The third-order valence-corrected chi connectivity index (χ3v) is 3.30. The van der Waals surface area contributed by atoms with Crippen LogP contribution < -0.4 is 5.32 Å². The molecule has 0 aliphatic carbocycles. The van der Waals surface area contributed by atoms with Crippen LogP contribution in [0, 0.1) is 5.82 Å². The number of imidazole rings is 1. The quantitative estimate of drug-likeness (QED) is 0.794. The maximum absolute atomic E-state index is 13.6. The molecule has 0 fully saturated rings. The van der Waals surface area contributed by atoms with Crippen molar-refractivity contribution in [1.29, 1.82) is 0 Å². The van der Waals surface area contributed by atoms with Crippen LogP contribution in [0.2, 0.25) is 0 Å². The summed E-state index contributed by atoms with van der Waals surface area (Å²) in [7, 11) is 0. The predicted molar refractivity (Wildman–Crippen MR) is 76.6 cm³/mol. The number of hydrogen-bond acceptors (Lipinski definition) is 2. The van der Waals surface area contributed by atoms with Crippen LogP contribution >= 0.6 is 15.9 Å². The summed E-state index contributed by atoms with van der Waals surface area (Å²) >= 11 is 3.32. The molecule has 0 bridgehead atoms. The van der Waals surface area contributed by atoms with E-state index in [1.54, 1.807) is 12.1 Å². The van der Waals surface area contributed by atoms with Crippen molar-refractivity contribution in [1.82, 2.24) is 9.38 Å². The summed E-state index contributed by atoms with van der Waals surface area (Å²) in [6.07, 6.45) is 3.86. The topological polar surface area (TPSA) is 29.3 Å². The molecule has 3 aromatic rings. The number of halogens is 2. The van der Waals surface area contributed by atoms with E-state index in [1.807, 2.05) is 35.0 Å². The second-order valence-electron chi connectivity index (χ2n) is 4.18. The molecule has 5 heteroatoms. The van der Waals surface area contributed by atoms with Crippen LogP contribution in [0.25, 0.3) is 5.65 Å². The second-order valence-corrected chi connectivity index (χ2v) is 5.09. The van der Waals surface area contributed by atoms with Crippen molar-refractivity contribution in [2.45, 2.75) is 6.54 Å². The molecule has 3 nitrogen and oxygen atoms in total. The van der Waals surface area contributed by atoms with Gasteiger partial charge >= 0.3 is 0 Å². The predicted octanol–water partition coefficient (Wildman–Crippen LogP) is 3.85. The molecular formula is C14H11BrFN3. The van der Waals surface area contributed by atoms with Crippen LogP contribution in [0.4, 0.5) is 10.1 Å². The molecule has 0 saturated carbocycles. The number of pyridine rings is 1. The van der Waals surface area contributed by atoms with Crippen LogP contribution in [0.3, 0.4) is 0 Å². The monoisotopic (exact) mass is 319 g/mol. The number of aromatic nitrogens is 2. The van der Waals surface area contributed by atoms with Crippen molar-refractivity contribution in [2.75, 3.05) is 5.32 Å². The lowest BCUT2D eigenvalue weighted by atomic mass is 10.3. The lowest BCUT2D eigenvalue weighted by Crippen LogP contribution is -2.01. The first-order valence-electron chi connectivity index (χ1n) is 5.84. The van der Waals surface area contributed by atoms with Crippen molar-refractivity contribution in [3.8, 4) is 0 Å². The zero-order valence-corrected chi connectivity index (χ0v) is 11.6. The fourth-order valence-electron chi connectivity index (χ4n) is 1.89. The summed E-state index contributed by atoms with van der Waals surface area (Å²) in [6, 6.07) is 10.6. The van der Waals surface area contributed by atoms with Crippen LogP contribution in [0.15, 0.2) is 53.3 Å². The van der Waals surface area contributed by atoms with Crippen molar-refractivity contribution in [3.05, 3.63) is 64.8 Å². The van der Waals surface area contributed by atoms with Crippen LogP contribution in [-0.2, 0) is 6.54 Å². The first-order chi connectivity index (χ1) is 9.22. The Hall–Kier alpha value is -1.88. The number of rotatable bonds is 3. The van der Waals surface area contributed by atoms with E-state index in [0.717, 1.165) is 15.8 Å². The molecule has 2 heterocycles. The minimum absolute atomic E-state index is 0.271. The summed E-state index contributed by atoms with van der Waals surface area (Å²) < 4.78 is 16.3. The third kappa shape index (κ3) is 2.61. The largest absolute Gasteiger partial charge is 0.377 e. The van der Waals surface area contributed by atoms with E-state index in [0.29, 0.717) is 12.2 Å². The minimum Gasteiger partial charge on any atom is -0.377 e. The highest BCUT2D eigenvalue weighted by Crippen LogP contribution is 2.20. The van der Waals surface area contributed by atoms with Crippen molar-refractivity contribution in [3.63, 3.8) is 0 Å². The number of fused-ring (bicyclic) bond motifs is 1. The molecule has 0 spiro atoms. The Morgan fingerprint density at radius 3 is 3.00 bits per heavy atom. The summed E-state index contributed by atoms with van der Waals surface area (Å²) in [5, 5.41) is 3.05. The van der Waals surface area contributed by atoms with E-state index in [-0.39, 0.29) is 5.82 Å². The lowest BCUT2D eigenvalue weighted by Gasteiger charge is -2.06. The van der Waals surface area contributed by atoms with Gasteiger partial charge in [-0.1, -0.05) is 22.0 Å². The summed E-state index contributed by atoms with van der Waals surface area (Å²) in [4.78, 5) is 4.45. The van der Waals surface area contributed by atoms with E-state index in [2.05, 4.69) is 26.2 Å². The average molecular weight is 320 g/mol. The maximum atomic E-state index is 13.6. The van der Waals surface area contributed by atoms with E-state index >= 15 is 0 Å². The molecule has 0 radical (unpaired) electrons. The molecule has 3 rings (SSSR count). The summed E-state index contributed by atoms with van der Waals surface area (Å²) in [5.41, 5.74) is 2.21. The molecule has 0 saturated heterocycles. The molecule has 2 aromatic heterocycles. The number of nitrogens with zero attached hydrogens (tertiary/aromatic N) is 2. The van der Waals surface area contributed by atoms with E-state index in [4.69, 9.17) is 0 Å². The Morgan fingerprint density at radius 1 is 1.26 bits per heavy atom. The highest BCUT2D eigenvalue weighted by Gasteiger charge is 2.04. The number of nitrogens with one attached hydrogen (secondary N) is 1. The zero-order valence-electron chi connectivity index (χ0n) is 9.98. The van der Waals surface area contributed by atoms with Crippen LogP contribution in [-0.4, -0.2) is 9.38 Å². The Balaban J connectivity index is 1.80. The summed E-state index contributed by atoms with van der Waals surface area (Å²) in [5.74, 6) is -0.271. The van der Waals surface area contributed by atoms with Crippen LogP contribution in [0.1, 0.15) is 5.69 Å². The molecule has 0 aliphatic heterocycles. The molecule has 0 amide bonds.